The summed E-state index contributed by atoms with van der Waals surface area (Å²) in [7, 11) is 0. The molecule has 2 rings (SSSR count). The first-order valence-corrected chi connectivity index (χ1v) is 7.19. The zero-order chi connectivity index (χ0) is 14.7. The van der Waals surface area contributed by atoms with Crippen molar-refractivity contribution in [3.8, 4) is 0 Å². The molecule has 0 aliphatic carbocycles. The van der Waals surface area contributed by atoms with E-state index in [9.17, 15) is 9.59 Å². The second kappa shape index (κ2) is 6.37. The maximum Gasteiger partial charge on any atom is 0.328 e. The molecule has 0 saturated carbocycles. The van der Waals surface area contributed by atoms with Crippen molar-refractivity contribution >= 4 is 27.8 Å². The predicted molar refractivity (Wildman–Crippen MR) is 75.8 cm³/mol. The molecule has 0 bridgehead atoms. The lowest BCUT2D eigenvalue weighted by Crippen LogP contribution is -2.42. The number of carbonyl (C=O) groups is 2. The summed E-state index contributed by atoms with van der Waals surface area (Å²) >= 11 is 3.44. The van der Waals surface area contributed by atoms with Gasteiger partial charge in [0.25, 0.3) is 5.91 Å². The van der Waals surface area contributed by atoms with Crippen LogP contribution in [0.25, 0.3) is 0 Å². The smallest absolute Gasteiger partial charge is 0.328 e. The van der Waals surface area contributed by atoms with Crippen LogP contribution in [0.3, 0.4) is 0 Å². The Morgan fingerprint density at radius 1 is 1.55 bits per heavy atom. The number of halogens is 1. The van der Waals surface area contributed by atoms with Crippen molar-refractivity contribution in [3.05, 3.63) is 34.3 Å². The van der Waals surface area contributed by atoms with Crippen LogP contribution >= 0.6 is 15.9 Å². The Kier molecular flexibility index (Phi) is 4.77. The number of benzene rings is 1. The molecular weight excluding hydrogens is 326 g/mol. The van der Waals surface area contributed by atoms with E-state index in [1.165, 1.54) is 4.90 Å². The van der Waals surface area contributed by atoms with Gasteiger partial charge in [-0.25, -0.2) is 4.79 Å². The number of esters is 1. The molecular formula is C14H16BrNO4. The van der Waals surface area contributed by atoms with Gasteiger partial charge < -0.3 is 9.47 Å². The van der Waals surface area contributed by atoms with E-state index in [-0.39, 0.29) is 19.1 Å². The molecule has 108 valence electrons. The Morgan fingerprint density at radius 2 is 2.25 bits per heavy atom. The van der Waals surface area contributed by atoms with Gasteiger partial charge in [-0.1, -0.05) is 34.1 Å². The van der Waals surface area contributed by atoms with Crippen LogP contribution in [-0.2, 0) is 19.1 Å². The Morgan fingerprint density at radius 3 is 2.90 bits per heavy atom. The average Bonchev–Trinajstić information content (AvgIpc) is 2.80. The average molecular weight is 342 g/mol. The van der Waals surface area contributed by atoms with Crippen LogP contribution in [0.2, 0.25) is 0 Å². The van der Waals surface area contributed by atoms with E-state index in [4.69, 9.17) is 9.47 Å². The molecule has 0 radical (unpaired) electrons. The van der Waals surface area contributed by atoms with Crippen LogP contribution < -0.4 is 0 Å². The van der Waals surface area contributed by atoms with Crippen LogP contribution in [-0.4, -0.2) is 36.0 Å². The van der Waals surface area contributed by atoms with Gasteiger partial charge in [-0.2, -0.15) is 0 Å². The third kappa shape index (κ3) is 2.86. The topological polar surface area (TPSA) is 55.8 Å². The first kappa shape index (κ1) is 15.0. The highest BCUT2D eigenvalue weighted by Gasteiger charge is 2.40. The minimum Gasteiger partial charge on any atom is -0.464 e. The minimum absolute atomic E-state index is 0.0320. The third-order valence-electron chi connectivity index (χ3n) is 3.12. The molecule has 0 spiro atoms. The Bertz CT molecular complexity index is 520. The molecule has 1 saturated heterocycles. The molecule has 1 aromatic carbocycles. The molecule has 1 heterocycles. The van der Waals surface area contributed by atoms with Crippen molar-refractivity contribution in [2.45, 2.75) is 26.1 Å². The summed E-state index contributed by atoms with van der Waals surface area (Å²) in [5.74, 6) is -0.644. The Balaban J connectivity index is 2.27. The van der Waals surface area contributed by atoms with Crippen LogP contribution in [0.1, 0.15) is 25.6 Å². The van der Waals surface area contributed by atoms with Gasteiger partial charge in [0.2, 0.25) is 0 Å². The summed E-state index contributed by atoms with van der Waals surface area (Å²) < 4.78 is 11.3. The summed E-state index contributed by atoms with van der Waals surface area (Å²) in [6.07, 6.45) is -0.572. The fraction of sp³-hybridized carbons (Fsp3) is 0.429. The summed E-state index contributed by atoms with van der Waals surface area (Å²) in [4.78, 5) is 25.3. The molecule has 1 aliphatic rings. The van der Waals surface area contributed by atoms with Crippen LogP contribution in [0.4, 0.5) is 0 Å². The number of nitrogens with zero attached hydrogens (tertiary/aromatic N) is 1. The Hall–Kier alpha value is -1.40. The number of carbonyl (C=O) groups excluding carboxylic acids is 2. The first-order chi connectivity index (χ1) is 9.56. The van der Waals surface area contributed by atoms with Gasteiger partial charge in [0, 0.05) is 10.0 Å². The summed E-state index contributed by atoms with van der Waals surface area (Å²) in [5, 5.41) is 0. The maximum absolute atomic E-state index is 12.0. The van der Waals surface area contributed by atoms with Crippen molar-refractivity contribution in [2.24, 2.45) is 0 Å². The molecule has 5 nitrogen and oxygen atoms in total. The fourth-order valence-corrected chi connectivity index (χ4v) is 2.63. The van der Waals surface area contributed by atoms with E-state index in [0.717, 1.165) is 10.0 Å². The fourth-order valence-electron chi connectivity index (χ4n) is 2.15. The van der Waals surface area contributed by atoms with Gasteiger partial charge in [0.05, 0.1) is 6.61 Å². The second-order valence-electron chi connectivity index (χ2n) is 4.41. The highest BCUT2D eigenvalue weighted by molar-refractivity contribution is 9.10. The minimum atomic E-state index is -0.679. The highest BCUT2D eigenvalue weighted by Crippen LogP contribution is 2.34. The second-order valence-corrected chi connectivity index (χ2v) is 5.27. The summed E-state index contributed by atoms with van der Waals surface area (Å²) in [5.41, 5.74) is 0.814. The number of hydrogen-bond donors (Lipinski definition) is 0. The quantitative estimate of drug-likeness (QED) is 0.788. The highest BCUT2D eigenvalue weighted by atomic mass is 79.9. The van der Waals surface area contributed by atoms with Crippen molar-refractivity contribution in [1.82, 2.24) is 4.90 Å². The van der Waals surface area contributed by atoms with Gasteiger partial charge in [0.15, 0.2) is 6.23 Å². The Labute approximate surface area is 126 Å². The summed E-state index contributed by atoms with van der Waals surface area (Å²) in [6, 6.07) is 6.79. The maximum atomic E-state index is 12.0. The molecule has 2 atom stereocenters. The molecule has 1 unspecified atom stereocenters. The third-order valence-corrected chi connectivity index (χ3v) is 3.84. The van der Waals surface area contributed by atoms with E-state index in [0.29, 0.717) is 0 Å². The van der Waals surface area contributed by atoms with Gasteiger partial charge >= 0.3 is 5.97 Å². The van der Waals surface area contributed by atoms with Crippen LogP contribution in [0.15, 0.2) is 28.7 Å². The van der Waals surface area contributed by atoms with E-state index in [1.54, 1.807) is 13.8 Å². The van der Waals surface area contributed by atoms with E-state index in [1.807, 2.05) is 24.3 Å². The van der Waals surface area contributed by atoms with Gasteiger partial charge in [0.1, 0.15) is 12.6 Å². The van der Waals surface area contributed by atoms with Gasteiger partial charge in [-0.15, -0.1) is 0 Å². The van der Waals surface area contributed by atoms with Gasteiger partial charge in [-0.05, 0) is 19.9 Å². The lowest BCUT2D eigenvalue weighted by molar-refractivity contribution is -0.155. The van der Waals surface area contributed by atoms with E-state index >= 15 is 0 Å². The van der Waals surface area contributed by atoms with Crippen molar-refractivity contribution in [1.29, 1.82) is 0 Å². The number of hydrogen-bond acceptors (Lipinski definition) is 4. The van der Waals surface area contributed by atoms with Crippen molar-refractivity contribution < 1.29 is 19.1 Å². The van der Waals surface area contributed by atoms with Crippen LogP contribution in [0, 0.1) is 0 Å². The van der Waals surface area contributed by atoms with Crippen molar-refractivity contribution in [2.75, 3.05) is 13.2 Å². The van der Waals surface area contributed by atoms with E-state index < -0.39 is 18.2 Å². The molecule has 1 aliphatic heterocycles. The van der Waals surface area contributed by atoms with Crippen molar-refractivity contribution in [3.63, 3.8) is 0 Å². The molecule has 1 aromatic rings. The standard InChI is InChI=1S/C14H16BrNO4/c1-3-19-14(18)9(2)16-12(17)8-20-13(16)10-6-4-5-7-11(10)15/h4-7,9,13H,3,8H2,1-2H3/t9?,13-/m1/s1. The predicted octanol–water partition coefficient (Wildman–Crippen LogP) is 2.26. The molecule has 0 N–H and O–H groups in total. The normalized spacial score (nSPS) is 20.1. The lowest BCUT2D eigenvalue weighted by atomic mass is 10.1. The molecule has 1 amide bonds. The van der Waals surface area contributed by atoms with Crippen LogP contribution in [0.5, 0.6) is 0 Å². The number of rotatable bonds is 4. The van der Waals surface area contributed by atoms with Gasteiger partial charge in [-0.3, -0.25) is 9.69 Å². The molecule has 6 heteroatoms. The summed E-state index contributed by atoms with van der Waals surface area (Å²) in [6.45, 7) is 3.63. The monoisotopic (exact) mass is 341 g/mol. The molecule has 1 fully saturated rings. The SMILES string of the molecule is CCOC(=O)C(C)N1C(=O)CO[C@@H]1c1ccccc1Br. The lowest BCUT2D eigenvalue weighted by Gasteiger charge is -2.28. The van der Waals surface area contributed by atoms with E-state index in [2.05, 4.69) is 15.9 Å². The number of amides is 1. The molecule has 20 heavy (non-hydrogen) atoms. The molecule has 0 aromatic heterocycles. The largest absolute Gasteiger partial charge is 0.464 e. The number of ether oxygens (including phenoxy) is 2. The zero-order valence-corrected chi connectivity index (χ0v) is 12.9. The zero-order valence-electron chi connectivity index (χ0n) is 11.3. The first-order valence-electron chi connectivity index (χ1n) is 6.40.